The van der Waals surface area contributed by atoms with Crippen LogP contribution in [0.5, 0.6) is 0 Å². The minimum Gasteiger partial charge on any atom is -0.424 e. The van der Waals surface area contributed by atoms with Gasteiger partial charge in [0.15, 0.2) is 0 Å². The minimum absolute atomic E-state index is 0.101. The normalized spacial score (nSPS) is 14.1. The summed E-state index contributed by atoms with van der Waals surface area (Å²) in [4.78, 5) is 0. The van der Waals surface area contributed by atoms with Gasteiger partial charge in [0.1, 0.15) is 11.4 Å². The molecule has 2 rings (SSSR count). The average Bonchev–Trinajstić information content (AvgIpc) is 3.13. The summed E-state index contributed by atoms with van der Waals surface area (Å²) < 4.78 is 11.1. The van der Waals surface area contributed by atoms with E-state index >= 15 is 0 Å². The second kappa shape index (κ2) is 6.46. The molecule has 0 radical (unpaired) electrons. The molecule has 0 aliphatic heterocycles. The summed E-state index contributed by atoms with van der Waals surface area (Å²) >= 11 is 0. The van der Waals surface area contributed by atoms with Crippen molar-refractivity contribution in [2.75, 3.05) is 0 Å². The molecule has 0 aliphatic carbocycles. The molecule has 0 saturated carbocycles. The molecule has 2 aromatic heterocycles. The lowest BCUT2D eigenvalue weighted by Gasteiger charge is -2.29. The zero-order chi connectivity index (χ0) is 20.0. The van der Waals surface area contributed by atoms with E-state index in [4.69, 9.17) is 9.05 Å². The van der Waals surface area contributed by atoms with Crippen molar-refractivity contribution in [1.82, 2.24) is 20.5 Å². The maximum atomic E-state index is 5.98. The molecule has 0 amide bonds. The van der Waals surface area contributed by atoms with Gasteiger partial charge in [0, 0.05) is 21.7 Å². The van der Waals surface area contributed by atoms with Crippen LogP contribution >= 0.6 is 0 Å². The van der Waals surface area contributed by atoms with Gasteiger partial charge in [0.25, 0.3) is 0 Å². The summed E-state index contributed by atoms with van der Waals surface area (Å²) in [6.07, 6.45) is 1.80. The number of hydrogen-bond donors (Lipinski definition) is 0. The third kappa shape index (κ3) is 4.33. The zero-order valence-corrected chi connectivity index (χ0v) is 18.0. The molecular weight excluding hydrogens is 328 g/mol. The van der Waals surface area contributed by atoms with Gasteiger partial charge < -0.3 is 4.42 Å². The van der Waals surface area contributed by atoms with E-state index < -0.39 is 0 Å². The first-order valence-electron chi connectivity index (χ1n) is 9.32. The number of nitrogens with zero attached hydrogens (tertiary/aromatic N) is 4. The van der Waals surface area contributed by atoms with E-state index in [0.717, 1.165) is 24.2 Å². The highest BCUT2D eigenvalue weighted by molar-refractivity contribution is 5.24. The molecule has 0 unspecified atom stereocenters. The Morgan fingerprint density at radius 1 is 0.615 bits per heavy atom. The lowest BCUT2D eigenvalue weighted by molar-refractivity contribution is 0.272. The first-order valence-corrected chi connectivity index (χ1v) is 9.32. The third-order valence-corrected chi connectivity index (χ3v) is 4.86. The molecule has 2 aromatic rings. The van der Waals surface area contributed by atoms with Crippen LogP contribution in [-0.4, -0.2) is 20.5 Å². The van der Waals surface area contributed by atoms with Crippen LogP contribution in [0.4, 0.5) is 0 Å². The fourth-order valence-corrected chi connectivity index (χ4v) is 2.77. The monoisotopic (exact) mass is 362 g/mol. The van der Waals surface area contributed by atoms with Gasteiger partial charge in [-0.3, -0.25) is 0 Å². The van der Waals surface area contributed by atoms with Crippen LogP contribution in [0.1, 0.15) is 105 Å². The summed E-state index contributed by atoms with van der Waals surface area (Å²) in [6, 6.07) is 0. The highest BCUT2D eigenvalue weighted by Crippen LogP contribution is 2.38. The van der Waals surface area contributed by atoms with Crippen molar-refractivity contribution in [3.63, 3.8) is 0 Å². The van der Waals surface area contributed by atoms with Gasteiger partial charge in [0.2, 0.25) is 11.8 Å². The first-order chi connectivity index (χ1) is 11.6. The van der Waals surface area contributed by atoms with Crippen molar-refractivity contribution < 1.29 is 9.05 Å². The molecule has 0 atom stereocenters. The average molecular weight is 363 g/mol. The highest BCUT2D eigenvalue weighted by Gasteiger charge is 2.37. The largest absolute Gasteiger partial charge is 0.424 e. The van der Waals surface area contributed by atoms with E-state index in [9.17, 15) is 0 Å². The molecular formula is C20H34N4O2. The quantitative estimate of drug-likeness (QED) is 0.738. The van der Waals surface area contributed by atoms with Crippen LogP contribution in [0.15, 0.2) is 9.05 Å². The Hall–Kier alpha value is -1.72. The SMILES string of the molecule is CC(C)(C)c1nnc(C(C)(C)CCC(C)(C)c2nonc2C(C)(C)C)o1. The summed E-state index contributed by atoms with van der Waals surface area (Å²) in [6.45, 7) is 21.3. The van der Waals surface area contributed by atoms with Gasteiger partial charge in [-0.15, -0.1) is 10.2 Å². The summed E-state index contributed by atoms with van der Waals surface area (Å²) in [5.41, 5.74) is 1.24. The molecule has 146 valence electrons. The van der Waals surface area contributed by atoms with Crippen LogP contribution in [0.3, 0.4) is 0 Å². The molecule has 0 aliphatic rings. The second-order valence-corrected chi connectivity index (χ2v) is 10.6. The third-order valence-electron chi connectivity index (χ3n) is 4.86. The Bertz CT molecular complexity index is 742. The van der Waals surface area contributed by atoms with Crippen LogP contribution in [0.25, 0.3) is 0 Å². The second-order valence-electron chi connectivity index (χ2n) is 10.6. The van der Waals surface area contributed by atoms with E-state index in [0.29, 0.717) is 11.8 Å². The van der Waals surface area contributed by atoms with Crippen LogP contribution in [0.2, 0.25) is 0 Å². The van der Waals surface area contributed by atoms with Gasteiger partial charge >= 0.3 is 0 Å². The van der Waals surface area contributed by atoms with Crippen molar-refractivity contribution in [2.24, 2.45) is 0 Å². The van der Waals surface area contributed by atoms with Crippen LogP contribution in [0, 0.1) is 0 Å². The Kier molecular flexibility index (Phi) is 5.12. The molecule has 0 fully saturated rings. The van der Waals surface area contributed by atoms with Crippen molar-refractivity contribution in [3.8, 4) is 0 Å². The molecule has 0 N–H and O–H groups in total. The van der Waals surface area contributed by atoms with Crippen molar-refractivity contribution in [2.45, 2.75) is 104 Å². The van der Waals surface area contributed by atoms with Crippen LogP contribution < -0.4 is 0 Å². The maximum Gasteiger partial charge on any atom is 0.222 e. The van der Waals surface area contributed by atoms with E-state index in [1.807, 2.05) is 0 Å². The van der Waals surface area contributed by atoms with Crippen molar-refractivity contribution >= 4 is 0 Å². The molecule has 0 aromatic carbocycles. The topological polar surface area (TPSA) is 77.8 Å². The van der Waals surface area contributed by atoms with E-state index in [-0.39, 0.29) is 21.7 Å². The van der Waals surface area contributed by atoms with Gasteiger partial charge in [-0.1, -0.05) is 79.6 Å². The lowest BCUT2D eigenvalue weighted by atomic mass is 9.74. The Morgan fingerprint density at radius 3 is 1.62 bits per heavy atom. The van der Waals surface area contributed by atoms with Gasteiger partial charge in [-0.2, -0.15) is 0 Å². The molecule has 26 heavy (non-hydrogen) atoms. The van der Waals surface area contributed by atoms with Gasteiger partial charge in [-0.25, -0.2) is 4.63 Å². The van der Waals surface area contributed by atoms with Crippen molar-refractivity contribution in [1.29, 1.82) is 0 Å². The molecule has 0 bridgehead atoms. The molecule has 6 nitrogen and oxygen atoms in total. The minimum atomic E-state index is -0.215. The molecule has 6 heteroatoms. The summed E-state index contributed by atoms with van der Waals surface area (Å²) in [7, 11) is 0. The van der Waals surface area contributed by atoms with E-state index in [2.05, 4.69) is 89.7 Å². The smallest absolute Gasteiger partial charge is 0.222 e. The van der Waals surface area contributed by atoms with Gasteiger partial charge in [-0.05, 0) is 12.8 Å². The maximum absolute atomic E-state index is 5.98. The Labute approximate surface area is 157 Å². The summed E-state index contributed by atoms with van der Waals surface area (Å²) in [5, 5.41) is 16.9. The number of aromatic nitrogens is 4. The molecule has 2 heterocycles. The predicted octanol–water partition coefficient (Wildman–Crippen LogP) is 5.08. The fourth-order valence-electron chi connectivity index (χ4n) is 2.77. The van der Waals surface area contributed by atoms with Crippen molar-refractivity contribution in [3.05, 3.63) is 23.2 Å². The Balaban J connectivity index is 2.18. The predicted molar refractivity (Wildman–Crippen MR) is 101 cm³/mol. The van der Waals surface area contributed by atoms with E-state index in [1.54, 1.807) is 0 Å². The number of rotatable bonds is 5. The number of hydrogen-bond acceptors (Lipinski definition) is 6. The zero-order valence-electron chi connectivity index (χ0n) is 18.0. The highest BCUT2D eigenvalue weighted by atomic mass is 16.6. The van der Waals surface area contributed by atoms with E-state index in [1.165, 1.54) is 0 Å². The lowest BCUT2D eigenvalue weighted by Crippen LogP contribution is -2.28. The standard InChI is InChI=1S/C20H34N4O2/c1-17(2,3)13-14(24-26-23-13)19(7,8)11-12-20(9,10)16-22-21-15(25-16)18(4,5)6/h11-12H2,1-10H3. The fraction of sp³-hybridized carbons (Fsp3) is 0.800. The first kappa shape index (κ1) is 20.6. The van der Waals surface area contributed by atoms with Gasteiger partial charge in [0.05, 0.1) is 0 Å². The van der Waals surface area contributed by atoms with Crippen LogP contribution in [-0.2, 0) is 21.7 Å². The molecule has 0 spiro atoms. The molecule has 0 saturated heterocycles. The summed E-state index contributed by atoms with van der Waals surface area (Å²) in [5.74, 6) is 1.36. The Morgan fingerprint density at radius 2 is 1.12 bits per heavy atom.